The van der Waals surface area contributed by atoms with Crippen LogP contribution >= 0.6 is 11.3 Å². The van der Waals surface area contributed by atoms with Gasteiger partial charge in [0.05, 0.1) is 10.4 Å². The molecule has 0 radical (unpaired) electrons. The van der Waals surface area contributed by atoms with Gasteiger partial charge in [-0.3, -0.25) is 0 Å². The molecule has 572 valence electrons. The smallest absolute Gasteiger partial charge is 0.0640 e. The number of rotatable bonds is 13. The average molecular weight is 1550 g/mol. The second-order valence-electron chi connectivity index (χ2n) is 35.8. The number of anilines is 6. The van der Waals surface area contributed by atoms with Gasteiger partial charge < -0.3 is 9.80 Å². The molecule has 8 bridgehead atoms. The summed E-state index contributed by atoms with van der Waals surface area (Å²) in [7, 11) is 0. The number of nitrogens with zero attached hydrogens (tertiary/aromatic N) is 2. The Balaban J connectivity index is 0.000000136. The van der Waals surface area contributed by atoms with Crippen LogP contribution in [0, 0.1) is 47.3 Å². The number of benzene rings is 16. The van der Waals surface area contributed by atoms with Crippen LogP contribution in [0.15, 0.2) is 388 Å². The molecule has 2 spiro atoms. The van der Waals surface area contributed by atoms with Crippen LogP contribution in [0.5, 0.6) is 0 Å². The molecule has 1 heterocycles. The lowest BCUT2D eigenvalue weighted by Gasteiger charge is -2.61. The highest BCUT2D eigenvalue weighted by molar-refractivity contribution is 7.26. The van der Waals surface area contributed by atoms with Crippen LogP contribution in [0.4, 0.5) is 34.1 Å². The zero-order valence-corrected chi connectivity index (χ0v) is 67.8. The normalized spacial score (nSPS) is 22.0. The molecule has 27 rings (SSSR count). The van der Waals surface area contributed by atoms with Gasteiger partial charge in [-0.15, -0.1) is 11.3 Å². The summed E-state index contributed by atoms with van der Waals surface area (Å²) in [6.07, 6.45) is 14.3. The predicted molar refractivity (Wildman–Crippen MR) is 500 cm³/mol. The van der Waals surface area contributed by atoms with Gasteiger partial charge in [0.1, 0.15) is 0 Å². The minimum absolute atomic E-state index is 0.196. The minimum Gasteiger partial charge on any atom is -0.311 e. The Bertz CT molecular complexity index is 6580. The second kappa shape index (κ2) is 28.6. The maximum Gasteiger partial charge on any atom is 0.0640 e. The highest BCUT2D eigenvalue weighted by atomic mass is 32.1. The first-order valence-electron chi connectivity index (χ1n) is 43.8. The molecule has 10 aliphatic carbocycles. The van der Waals surface area contributed by atoms with Crippen molar-refractivity contribution in [1.29, 1.82) is 0 Å². The Kier molecular flexibility index (Phi) is 16.9. The van der Waals surface area contributed by atoms with Crippen molar-refractivity contribution in [2.24, 2.45) is 47.3 Å². The highest BCUT2D eigenvalue weighted by Crippen LogP contribution is 2.72. The van der Waals surface area contributed by atoms with E-state index in [0.29, 0.717) is 0 Å². The summed E-state index contributed by atoms with van der Waals surface area (Å²) in [5.74, 6) is 6.91. The third-order valence-corrected chi connectivity index (χ3v) is 31.0. The lowest BCUT2D eigenvalue weighted by atomic mass is 9.43. The molecule has 3 heteroatoms. The van der Waals surface area contributed by atoms with Crippen LogP contribution in [-0.2, 0) is 10.8 Å². The van der Waals surface area contributed by atoms with Crippen LogP contribution in [0.25, 0.3) is 120 Å². The Hall–Kier alpha value is -12.7. The molecular weight excluding hydrogens is 1450 g/mol. The largest absolute Gasteiger partial charge is 0.311 e. The van der Waals surface area contributed by atoms with Crippen molar-refractivity contribution in [2.75, 3.05) is 9.80 Å². The topological polar surface area (TPSA) is 6.48 Å². The van der Waals surface area contributed by atoms with E-state index >= 15 is 0 Å². The molecule has 8 saturated carbocycles. The molecule has 0 unspecified atom stereocenters. The fourth-order valence-electron chi connectivity index (χ4n) is 25.3. The van der Waals surface area contributed by atoms with Gasteiger partial charge in [0.2, 0.25) is 0 Å². The number of thiophene rings is 1. The summed E-state index contributed by atoms with van der Waals surface area (Å²) >= 11 is 1.88. The van der Waals surface area contributed by atoms with Crippen molar-refractivity contribution in [3.8, 4) is 100 Å². The van der Waals surface area contributed by atoms with Crippen LogP contribution < -0.4 is 9.80 Å². The zero-order valence-electron chi connectivity index (χ0n) is 66.9. The van der Waals surface area contributed by atoms with Crippen molar-refractivity contribution in [2.45, 2.75) is 75.0 Å². The van der Waals surface area contributed by atoms with Crippen LogP contribution in [0.3, 0.4) is 0 Å². The number of hydrogen-bond acceptors (Lipinski definition) is 3. The maximum absolute atomic E-state index is 2.56. The fraction of sp³-hybridized carbons (Fsp3) is 0.172. The summed E-state index contributed by atoms with van der Waals surface area (Å²) in [6.45, 7) is 0. The van der Waals surface area contributed by atoms with Crippen molar-refractivity contribution < 1.29 is 0 Å². The number of hydrogen-bond donors (Lipinski definition) is 0. The molecule has 0 saturated heterocycles. The van der Waals surface area contributed by atoms with E-state index in [1.54, 1.807) is 22.3 Å². The monoisotopic (exact) mass is 1540 g/mol. The first kappa shape index (κ1) is 70.5. The van der Waals surface area contributed by atoms with Crippen LogP contribution in [0.2, 0.25) is 0 Å². The van der Waals surface area contributed by atoms with Crippen molar-refractivity contribution in [3.63, 3.8) is 0 Å². The summed E-state index contributed by atoms with van der Waals surface area (Å²) in [5, 5.41) is 2.62. The molecule has 119 heavy (non-hydrogen) atoms. The van der Waals surface area contributed by atoms with E-state index < -0.39 is 0 Å². The molecular formula is C116H92N2S. The van der Waals surface area contributed by atoms with E-state index in [2.05, 4.69) is 398 Å². The van der Waals surface area contributed by atoms with Gasteiger partial charge in [-0.1, -0.05) is 303 Å². The molecule has 0 atom stereocenters. The summed E-state index contributed by atoms with van der Waals surface area (Å²) < 4.78 is 2.61. The summed E-state index contributed by atoms with van der Waals surface area (Å²) in [5.41, 5.74) is 37.1. The minimum atomic E-state index is 0.196. The Morgan fingerprint density at radius 3 is 0.874 bits per heavy atom. The Morgan fingerprint density at radius 2 is 0.487 bits per heavy atom. The molecule has 1 aromatic heterocycles. The maximum atomic E-state index is 2.56. The van der Waals surface area contributed by atoms with Gasteiger partial charge in [0.15, 0.2) is 0 Å². The Morgan fingerprint density at radius 1 is 0.202 bits per heavy atom. The molecule has 8 fully saturated rings. The van der Waals surface area contributed by atoms with Gasteiger partial charge in [-0.25, -0.2) is 0 Å². The molecule has 2 nitrogen and oxygen atoms in total. The third kappa shape index (κ3) is 11.5. The summed E-state index contributed by atoms with van der Waals surface area (Å²) in [4.78, 5) is 4.82. The molecule has 17 aromatic rings. The van der Waals surface area contributed by atoms with Crippen LogP contribution in [0.1, 0.15) is 86.5 Å². The standard InChI is InChI=1S/C58H45NS.C58H47N/c1-2-11-39(12-3-1)40-21-26-45(27-22-40)59(55-19-10-17-51-50-16-7-9-20-56(50)60-57(51)55)46-28-23-41(24-29-46)47-13-4-5-14-48(47)42-25-30-54-52(36-42)49-15-6-8-18-53(49)58(54)43-32-37-31-38(34-43)35-44(58)33-37;1-3-11-41(12-4-1)43-19-26-49(27-20-43)59(50-28-21-44(22-29-50)42-13-5-2-6-14-42)51-30-23-45(24-31-51)52-15-7-8-16-53(52)46-25-32-57-55(38-46)54-17-9-10-18-56(54)58(57)47-34-39-33-40(36-47)37-48(58)35-39/h1-30,36-38,43-44H,31-35H2;1-32,38-40,47-48H,33-37H2. The lowest BCUT2D eigenvalue weighted by Crippen LogP contribution is -2.55. The van der Waals surface area contributed by atoms with Gasteiger partial charge in [-0.05, 0) is 319 Å². The van der Waals surface area contributed by atoms with Crippen molar-refractivity contribution >= 4 is 65.6 Å². The Labute approximate surface area is 703 Å². The van der Waals surface area contributed by atoms with E-state index in [1.165, 1.54) is 190 Å². The second-order valence-corrected chi connectivity index (χ2v) is 36.9. The average Bonchev–Trinajstić information content (AvgIpc) is 1.45. The summed E-state index contributed by atoms with van der Waals surface area (Å²) in [6, 6.07) is 145. The molecule has 16 aromatic carbocycles. The van der Waals surface area contributed by atoms with Gasteiger partial charge in [-0.2, -0.15) is 0 Å². The van der Waals surface area contributed by atoms with E-state index in [-0.39, 0.29) is 10.8 Å². The molecule has 0 aliphatic heterocycles. The van der Waals surface area contributed by atoms with Crippen LogP contribution in [-0.4, -0.2) is 0 Å². The highest BCUT2D eigenvalue weighted by Gasteiger charge is 2.63. The quantitative estimate of drug-likeness (QED) is 0.114. The van der Waals surface area contributed by atoms with Gasteiger partial charge >= 0.3 is 0 Å². The van der Waals surface area contributed by atoms with Crippen molar-refractivity contribution in [3.05, 3.63) is 411 Å². The van der Waals surface area contributed by atoms with E-state index in [9.17, 15) is 0 Å². The fourth-order valence-corrected chi connectivity index (χ4v) is 26.5. The van der Waals surface area contributed by atoms with Crippen molar-refractivity contribution in [1.82, 2.24) is 0 Å². The van der Waals surface area contributed by atoms with Gasteiger partial charge in [0, 0.05) is 54.7 Å². The SMILES string of the molecule is c1ccc(-c2ccc(N(c3ccc(-c4ccccc4)cc3)c3ccc(-c4ccccc4-c4ccc5c(c4)-c4ccccc4C54C5CC6CC(C5)CC4C6)cc3)cc2)cc1.c1ccc(-c2ccc(N(c3ccc(-c4ccccc4-c4ccc5c(c4)-c4ccccc4C54C5CC6CC(C5)CC4C6)cc3)c3cccc4c3sc3ccccc34)cc2)cc1. The predicted octanol–water partition coefficient (Wildman–Crippen LogP) is 31.8. The molecule has 0 amide bonds. The molecule has 0 N–H and O–H groups in total. The lowest BCUT2D eigenvalue weighted by molar-refractivity contribution is -0.0399. The van der Waals surface area contributed by atoms with E-state index in [4.69, 9.17) is 0 Å². The van der Waals surface area contributed by atoms with Gasteiger partial charge in [0.25, 0.3) is 0 Å². The first-order chi connectivity index (χ1) is 58.9. The third-order valence-electron chi connectivity index (χ3n) is 29.8. The zero-order chi connectivity index (χ0) is 78.3. The number of fused-ring (bicyclic) bond motifs is 9. The first-order valence-corrected chi connectivity index (χ1v) is 44.6. The van der Waals surface area contributed by atoms with E-state index in [0.717, 1.165) is 75.8 Å². The van der Waals surface area contributed by atoms with E-state index in [1.807, 2.05) is 11.3 Å². The molecule has 10 aliphatic rings.